The summed E-state index contributed by atoms with van der Waals surface area (Å²) in [6.07, 6.45) is 1.57. The molecule has 23 heavy (non-hydrogen) atoms. The van der Waals surface area contributed by atoms with Crippen LogP contribution >= 0.6 is 0 Å². The highest BCUT2D eigenvalue weighted by molar-refractivity contribution is 6.11. The number of esters is 2. The highest BCUT2D eigenvalue weighted by Crippen LogP contribution is 2.26. The molecule has 0 aliphatic carbocycles. The lowest BCUT2D eigenvalue weighted by Gasteiger charge is -2.15. The Morgan fingerprint density at radius 3 is 2.35 bits per heavy atom. The molecule has 0 aliphatic heterocycles. The van der Waals surface area contributed by atoms with Crippen LogP contribution in [0.5, 0.6) is 0 Å². The number of anilines is 1. The third kappa shape index (κ3) is 3.41. The average Bonchev–Trinajstić information content (AvgIpc) is 2.53. The van der Waals surface area contributed by atoms with Gasteiger partial charge in [0.25, 0.3) is 0 Å². The Morgan fingerprint density at radius 1 is 1.09 bits per heavy atom. The fraction of sp³-hybridized carbons (Fsp3) is 0.353. The molecule has 0 spiro atoms. The Morgan fingerprint density at radius 2 is 1.74 bits per heavy atom. The molecule has 122 valence electrons. The minimum atomic E-state index is -0.630. The van der Waals surface area contributed by atoms with Crippen molar-refractivity contribution in [3.8, 4) is 0 Å². The average molecular weight is 316 g/mol. The van der Waals surface area contributed by atoms with E-state index in [4.69, 9.17) is 9.47 Å². The summed E-state index contributed by atoms with van der Waals surface area (Å²) in [6.45, 7) is 3.84. The molecule has 1 aromatic heterocycles. The molecular formula is C17H20N2O4. The van der Waals surface area contributed by atoms with E-state index in [0.717, 1.165) is 11.1 Å². The quantitative estimate of drug-likeness (QED) is 0.790. The molecule has 0 fully saturated rings. The van der Waals surface area contributed by atoms with Gasteiger partial charge in [-0.25, -0.2) is 14.6 Å². The molecule has 6 heteroatoms. The van der Waals surface area contributed by atoms with Crippen LogP contribution in [0.2, 0.25) is 0 Å². The van der Waals surface area contributed by atoms with Crippen LogP contribution in [0.1, 0.15) is 34.7 Å². The van der Waals surface area contributed by atoms with E-state index in [1.165, 1.54) is 0 Å². The molecule has 0 unspecified atom stereocenters. The summed E-state index contributed by atoms with van der Waals surface area (Å²) in [7, 11) is 3.85. The summed E-state index contributed by atoms with van der Waals surface area (Å²) >= 11 is 0. The van der Waals surface area contributed by atoms with Gasteiger partial charge in [0.05, 0.1) is 13.2 Å². The second-order valence-corrected chi connectivity index (χ2v) is 5.09. The van der Waals surface area contributed by atoms with E-state index in [1.54, 1.807) is 26.1 Å². The Bertz CT molecular complexity index is 741. The summed E-state index contributed by atoms with van der Waals surface area (Å²) in [5.74, 6) is -1.21. The van der Waals surface area contributed by atoms with Gasteiger partial charge in [0, 0.05) is 36.8 Å². The van der Waals surface area contributed by atoms with Crippen LogP contribution in [0.25, 0.3) is 10.8 Å². The number of aromatic nitrogens is 1. The van der Waals surface area contributed by atoms with Gasteiger partial charge in [-0.2, -0.15) is 0 Å². The number of fused-ring (bicyclic) bond motifs is 1. The molecule has 0 saturated carbocycles. The third-order valence-electron chi connectivity index (χ3n) is 3.34. The van der Waals surface area contributed by atoms with E-state index in [1.807, 2.05) is 31.1 Å². The molecule has 0 N–H and O–H groups in total. The molecule has 0 amide bonds. The van der Waals surface area contributed by atoms with Crippen LogP contribution in [-0.2, 0) is 9.47 Å². The molecule has 0 saturated heterocycles. The predicted molar refractivity (Wildman–Crippen MR) is 88.0 cm³/mol. The lowest BCUT2D eigenvalue weighted by Crippen LogP contribution is -2.16. The monoisotopic (exact) mass is 316 g/mol. The largest absolute Gasteiger partial charge is 0.462 e. The number of hydrogen-bond donors (Lipinski definition) is 0. The first-order valence-electron chi connectivity index (χ1n) is 7.43. The highest BCUT2D eigenvalue weighted by Gasteiger charge is 2.24. The van der Waals surface area contributed by atoms with Gasteiger partial charge in [-0.15, -0.1) is 0 Å². The number of carbonyl (C=O) groups is 2. The van der Waals surface area contributed by atoms with Gasteiger partial charge >= 0.3 is 11.9 Å². The Labute approximate surface area is 135 Å². The zero-order valence-electron chi connectivity index (χ0n) is 13.8. The first kappa shape index (κ1) is 16.7. The van der Waals surface area contributed by atoms with Crippen LogP contribution in [0.15, 0.2) is 24.4 Å². The maximum absolute atomic E-state index is 12.3. The van der Waals surface area contributed by atoms with E-state index in [2.05, 4.69) is 4.98 Å². The van der Waals surface area contributed by atoms with Crippen molar-refractivity contribution in [2.45, 2.75) is 13.8 Å². The van der Waals surface area contributed by atoms with E-state index in [0.29, 0.717) is 5.39 Å². The fourth-order valence-electron chi connectivity index (χ4n) is 2.25. The van der Waals surface area contributed by atoms with E-state index in [-0.39, 0.29) is 24.5 Å². The van der Waals surface area contributed by atoms with E-state index < -0.39 is 11.9 Å². The number of ether oxygens (including phenoxy) is 2. The number of rotatable bonds is 5. The Kier molecular flexibility index (Phi) is 5.16. The van der Waals surface area contributed by atoms with Crippen molar-refractivity contribution >= 4 is 28.4 Å². The minimum absolute atomic E-state index is 0.0181. The maximum atomic E-state index is 12.3. The van der Waals surface area contributed by atoms with Gasteiger partial charge in [-0.3, -0.25) is 0 Å². The zero-order valence-corrected chi connectivity index (χ0v) is 13.8. The minimum Gasteiger partial charge on any atom is -0.462 e. The van der Waals surface area contributed by atoms with Crippen molar-refractivity contribution in [1.82, 2.24) is 4.98 Å². The summed E-state index contributed by atoms with van der Waals surface area (Å²) in [4.78, 5) is 30.5. The van der Waals surface area contributed by atoms with Crippen LogP contribution in [-0.4, -0.2) is 44.2 Å². The first-order chi connectivity index (χ1) is 11.0. The zero-order chi connectivity index (χ0) is 17.0. The van der Waals surface area contributed by atoms with Crippen LogP contribution in [0.4, 0.5) is 5.69 Å². The molecule has 0 aliphatic rings. The Balaban J connectivity index is 2.67. The van der Waals surface area contributed by atoms with Gasteiger partial charge in [-0.05, 0) is 26.0 Å². The molecular weight excluding hydrogens is 296 g/mol. The normalized spacial score (nSPS) is 10.4. The van der Waals surface area contributed by atoms with Gasteiger partial charge in [0.1, 0.15) is 5.56 Å². The number of hydrogen-bond acceptors (Lipinski definition) is 6. The highest BCUT2D eigenvalue weighted by atomic mass is 16.5. The van der Waals surface area contributed by atoms with Crippen molar-refractivity contribution in [2.24, 2.45) is 0 Å². The van der Waals surface area contributed by atoms with Crippen LogP contribution in [0.3, 0.4) is 0 Å². The molecule has 2 aromatic rings. The van der Waals surface area contributed by atoms with Gasteiger partial charge in [-0.1, -0.05) is 6.07 Å². The smallest absolute Gasteiger partial charge is 0.357 e. The number of carbonyl (C=O) groups excluding carboxylic acids is 2. The topological polar surface area (TPSA) is 68.7 Å². The second kappa shape index (κ2) is 7.09. The molecule has 0 atom stereocenters. The summed E-state index contributed by atoms with van der Waals surface area (Å²) in [6, 6.07) is 5.57. The van der Waals surface area contributed by atoms with Crippen molar-refractivity contribution < 1.29 is 19.1 Å². The van der Waals surface area contributed by atoms with E-state index in [9.17, 15) is 9.59 Å². The van der Waals surface area contributed by atoms with Crippen molar-refractivity contribution in [1.29, 1.82) is 0 Å². The fourth-order valence-corrected chi connectivity index (χ4v) is 2.25. The number of benzene rings is 1. The van der Waals surface area contributed by atoms with Crippen molar-refractivity contribution in [3.63, 3.8) is 0 Å². The summed E-state index contributed by atoms with van der Waals surface area (Å²) in [5.41, 5.74) is 1.10. The molecule has 2 rings (SSSR count). The second-order valence-electron chi connectivity index (χ2n) is 5.09. The lowest BCUT2D eigenvalue weighted by molar-refractivity contribution is 0.0475. The van der Waals surface area contributed by atoms with Crippen molar-refractivity contribution in [3.05, 3.63) is 35.7 Å². The van der Waals surface area contributed by atoms with Gasteiger partial charge in [0.2, 0.25) is 0 Å². The Hall–Kier alpha value is -2.63. The molecule has 0 radical (unpaired) electrons. The SMILES string of the molecule is CCOC(=O)c1ncc2cc(N(C)C)ccc2c1C(=O)OCC. The van der Waals surface area contributed by atoms with Gasteiger partial charge < -0.3 is 14.4 Å². The maximum Gasteiger partial charge on any atom is 0.357 e. The van der Waals surface area contributed by atoms with E-state index >= 15 is 0 Å². The molecule has 1 aromatic carbocycles. The van der Waals surface area contributed by atoms with Crippen molar-refractivity contribution in [2.75, 3.05) is 32.2 Å². The standard InChI is InChI=1S/C17H20N2O4/c1-5-22-16(20)14-13-8-7-12(19(3)4)9-11(13)10-18-15(14)17(21)23-6-2/h7-10H,5-6H2,1-4H3. The molecule has 0 bridgehead atoms. The molecule has 1 heterocycles. The van der Waals surface area contributed by atoms with Gasteiger partial charge in [0.15, 0.2) is 5.69 Å². The predicted octanol–water partition coefficient (Wildman–Crippen LogP) is 2.65. The first-order valence-corrected chi connectivity index (χ1v) is 7.43. The number of pyridine rings is 1. The summed E-state index contributed by atoms with van der Waals surface area (Å²) < 4.78 is 10.1. The van der Waals surface area contributed by atoms with Crippen LogP contribution in [0, 0.1) is 0 Å². The summed E-state index contributed by atoms with van der Waals surface area (Å²) in [5, 5.41) is 1.37. The number of nitrogens with zero attached hydrogens (tertiary/aromatic N) is 2. The lowest BCUT2D eigenvalue weighted by atomic mass is 10.0. The third-order valence-corrected chi connectivity index (χ3v) is 3.34. The molecule has 6 nitrogen and oxygen atoms in total. The van der Waals surface area contributed by atoms with Crippen LogP contribution < -0.4 is 4.90 Å².